The van der Waals surface area contributed by atoms with Crippen LogP contribution in [0.1, 0.15) is 5.56 Å². The summed E-state index contributed by atoms with van der Waals surface area (Å²) in [5, 5.41) is 0. The maximum atomic E-state index is 2.31. The van der Waals surface area contributed by atoms with E-state index in [1.54, 1.807) is 0 Å². The van der Waals surface area contributed by atoms with E-state index < -0.39 is 0 Å². The smallest absolute Gasteiger partial charge is 0.0698 e. The molecule has 1 heterocycles. The van der Waals surface area contributed by atoms with E-state index >= 15 is 0 Å². The van der Waals surface area contributed by atoms with Gasteiger partial charge in [0.15, 0.2) is 0 Å². The van der Waals surface area contributed by atoms with E-state index in [1.165, 1.54) is 11.1 Å². The van der Waals surface area contributed by atoms with Crippen LogP contribution in [0.3, 0.4) is 0 Å². The van der Waals surface area contributed by atoms with Gasteiger partial charge in [0.05, 0.1) is 6.67 Å². The zero-order valence-electron chi connectivity index (χ0n) is 8.77. The maximum absolute atomic E-state index is 2.31. The van der Waals surface area contributed by atoms with Gasteiger partial charge >= 0.3 is 0 Å². The van der Waals surface area contributed by atoms with E-state index in [9.17, 15) is 0 Å². The topological polar surface area (TPSA) is 6.48 Å². The van der Waals surface area contributed by atoms with Gasteiger partial charge < -0.3 is 4.90 Å². The number of hydrogen-bond acceptors (Lipinski definition) is 2. The highest BCUT2D eigenvalue weighted by Crippen LogP contribution is 2.18. The van der Waals surface area contributed by atoms with Crippen LogP contribution in [0, 0.1) is 0 Å². The van der Waals surface area contributed by atoms with Crippen molar-refractivity contribution in [3.8, 4) is 0 Å². The lowest BCUT2D eigenvalue weighted by atomic mass is 10.1. The highest BCUT2D eigenvalue weighted by atomic mass is 15.3. The average molecular weight is 188 g/mol. The van der Waals surface area contributed by atoms with Gasteiger partial charge in [-0.15, -0.1) is 0 Å². The molecule has 0 spiro atoms. The summed E-state index contributed by atoms with van der Waals surface area (Å²) in [6, 6.07) is 10.6. The Morgan fingerprint density at radius 2 is 1.79 bits per heavy atom. The number of likely N-dealkylation sites (N-methyl/N-ethyl adjacent to an activating group) is 1. The Balaban J connectivity index is 2.26. The lowest BCUT2D eigenvalue weighted by molar-refractivity contribution is 0.234. The van der Waals surface area contributed by atoms with Crippen LogP contribution in [-0.4, -0.2) is 37.1 Å². The minimum atomic E-state index is 1.01. The van der Waals surface area contributed by atoms with Gasteiger partial charge in [0, 0.05) is 19.8 Å². The molecule has 0 aromatic heterocycles. The second-order valence-electron chi connectivity index (χ2n) is 3.93. The third kappa shape index (κ3) is 1.96. The van der Waals surface area contributed by atoms with Gasteiger partial charge in [0.2, 0.25) is 0 Å². The fourth-order valence-electron chi connectivity index (χ4n) is 1.89. The zero-order chi connectivity index (χ0) is 9.97. The van der Waals surface area contributed by atoms with E-state index in [2.05, 4.69) is 60.4 Å². The Morgan fingerprint density at radius 3 is 2.43 bits per heavy atom. The third-order valence-corrected chi connectivity index (χ3v) is 2.43. The Morgan fingerprint density at radius 1 is 1.07 bits per heavy atom. The van der Waals surface area contributed by atoms with Crippen LogP contribution >= 0.6 is 0 Å². The first-order chi connectivity index (χ1) is 6.75. The van der Waals surface area contributed by atoms with Crippen LogP contribution in [0.5, 0.6) is 0 Å². The average Bonchev–Trinajstić information content (AvgIpc) is 2.18. The quantitative estimate of drug-likeness (QED) is 0.663. The third-order valence-electron chi connectivity index (χ3n) is 2.43. The summed E-state index contributed by atoms with van der Waals surface area (Å²) < 4.78 is 0. The molecule has 0 aliphatic carbocycles. The highest BCUT2D eigenvalue weighted by molar-refractivity contribution is 5.67. The molecule has 1 aliphatic heterocycles. The van der Waals surface area contributed by atoms with Crippen molar-refractivity contribution < 1.29 is 0 Å². The van der Waals surface area contributed by atoms with E-state index in [1.807, 2.05) is 0 Å². The van der Waals surface area contributed by atoms with E-state index in [0.29, 0.717) is 0 Å². The SMILES string of the molecule is CN1C=C(c2ccccc2)CN(C)C1. The van der Waals surface area contributed by atoms with Crippen molar-refractivity contribution in [2.45, 2.75) is 0 Å². The molecule has 0 fully saturated rings. The van der Waals surface area contributed by atoms with Crippen LogP contribution in [0.2, 0.25) is 0 Å². The second-order valence-corrected chi connectivity index (χ2v) is 3.93. The molecular formula is C12H16N2. The molecule has 2 heteroatoms. The Bertz CT molecular complexity index is 329. The van der Waals surface area contributed by atoms with E-state index in [-0.39, 0.29) is 0 Å². The number of rotatable bonds is 1. The van der Waals surface area contributed by atoms with Gasteiger partial charge in [-0.05, 0) is 18.2 Å². The molecule has 0 bridgehead atoms. The summed E-state index contributed by atoms with van der Waals surface area (Å²) in [6.45, 7) is 2.05. The van der Waals surface area contributed by atoms with Crippen LogP contribution in [-0.2, 0) is 0 Å². The molecule has 1 aromatic rings. The molecule has 0 unspecified atom stereocenters. The van der Waals surface area contributed by atoms with Crippen LogP contribution in [0.4, 0.5) is 0 Å². The molecular weight excluding hydrogens is 172 g/mol. The van der Waals surface area contributed by atoms with Gasteiger partial charge in [-0.1, -0.05) is 30.3 Å². The highest BCUT2D eigenvalue weighted by Gasteiger charge is 2.12. The maximum Gasteiger partial charge on any atom is 0.0698 e. The number of nitrogens with zero attached hydrogens (tertiary/aromatic N) is 2. The molecule has 1 aromatic carbocycles. The lowest BCUT2D eigenvalue weighted by Crippen LogP contribution is -2.35. The molecule has 0 atom stereocenters. The van der Waals surface area contributed by atoms with Crippen molar-refractivity contribution in [2.75, 3.05) is 27.3 Å². The van der Waals surface area contributed by atoms with Crippen molar-refractivity contribution in [2.24, 2.45) is 0 Å². The molecule has 0 saturated carbocycles. The summed E-state index contributed by atoms with van der Waals surface area (Å²) in [5.74, 6) is 0. The molecule has 2 nitrogen and oxygen atoms in total. The monoisotopic (exact) mass is 188 g/mol. The number of hydrogen-bond donors (Lipinski definition) is 0. The van der Waals surface area contributed by atoms with Crippen molar-refractivity contribution in [1.29, 1.82) is 0 Å². The van der Waals surface area contributed by atoms with Crippen LogP contribution in [0.15, 0.2) is 36.5 Å². The Kier molecular flexibility index (Phi) is 2.55. The minimum Gasteiger partial charge on any atom is -0.367 e. The first-order valence-electron chi connectivity index (χ1n) is 4.90. The van der Waals surface area contributed by atoms with Gasteiger partial charge in [-0.3, -0.25) is 4.90 Å². The van der Waals surface area contributed by atoms with E-state index in [0.717, 1.165) is 13.2 Å². The minimum absolute atomic E-state index is 1.01. The lowest BCUT2D eigenvalue weighted by Gasteiger charge is -2.30. The molecule has 2 rings (SSSR count). The zero-order valence-corrected chi connectivity index (χ0v) is 8.77. The van der Waals surface area contributed by atoms with Crippen molar-refractivity contribution in [1.82, 2.24) is 9.80 Å². The second kappa shape index (κ2) is 3.84. The van der Waals surface area contributed by atoms with E-state index in [4.69, 9.17) is 0 Å². The van der Waals surface area contributed by atoms with Crippen molar-refractivity contribution >= 4 is 5.57 Å². The Labute approximate surface area is 85.4 Å². The predicted molar refractivity (Wildman–Crippen MR) is 59.7 cm³/mol. The van der Waals surface area contributed by atoms with Gasteiger partial charge in [-0.25, -0.2) is 0 Å². The van der Waals surface area contributed by atoms with Crippen LogP contribution < -0.4 is 0 Å². The first-order valence-corrected chi connectivity index (χ1v) is 4.90. The van der Waals surface area contributed by atoms with Gasteiger partial charge in [0.1, 0.15) is 0 Å². The standard InChI is InChI=1S/C12H16N2/c1-13-8-12(9-14(2)10-13)11-6-4-3-5-7-11/h3-8H,9-10H2,1-2H3. The summed E-state index contributed by atoms with van der Waals surface area (Å²) in [5.41, 5.74) is 2.72. The fourth-order valence-corrected chi connectivity index (χ4v) is 1.89. The molecule has 0 saturated heterocycles. The number of benzene rings is 1. The molecule has 14 heavy (non-hydrogen) atoms. The molecule has 0 N–H and O–H groups in total. The largest absolute Gasteiger partial charge is 0.367 e. The molecule has 1 aliphatic rings. The van der Waals surface area contributed by atoms with Gasteiger partial charge in [-0.2, -0.15) is 0 Å². The van der Waals surface area contributed by atoms with Crippen molar-refractivity contribution in [3.05, 3.63) is 42.1 Å². The first kappa shape index (κ1) is 9.28. The molecule has 0 amide bonds. The molecule has 0 radical (unpaired) electrons. The Hall–Kier alpha value is -1.28. The van der Waals surface area contributed by atoms with Gasteiger partial charge in [0.25, 0.3) is 0 Å². The normalized spacial score (nSPS) is 18.1. The molecule has 74 valence electrons. The fraction of sp³-hybridized carbons (Fsp3) is 0.333. The summed E-state index contributed by atoms with van der Waals surface area (Å²) >= 11 is 0. The predicted octanol–water partition coefficient (Wildman–Crippen LogP) is 1.86. The summed E-state index contributed by atoms with van der Waals surface area (Å²) in [7, 11) is 4.26. The summed E-state index contributed by atoms with van der Waals surface area (Å²) in [4.78, 5) is 4.52. The summed E-state index contributed by atoms with van der Waals surface area (Å²) in [6.07, 6.45) is 2.23. The van der Waals surface area contributed by atoms with Crippen LogP contribution in [0.25, 0.3) is 5.57 Å². The van der Waals surface area contributed by atoms with Crippen molar-refractivity contribution in [3.63, 3.8) is 0 Å².